The van der Waals surface area contributed by atoms with Crippen LogP contribution < -0.4 is 4.74 Å². The number of carbonyl (C=O) groups excluding carboxylic acids is 1. The summed E-state index contributed by atoms with van der Waals surface area (Å²) in [6.07, 6.45) is 0.888. The van der Waals surface area contributed by atoms with Crippen LogP contribution in [0.15, 0.2) is 72.8 Å². The van der Waals surface area contributed by atoms with Crippen LogP contribution in [0.25, 0.3) is 5.65 Å². The number of hydrogen-bond donors (Lipinski definition) is 0. The van der Waals surface area contributed by atoms with Gasteiger partial charge in [-0.3, -0.25) is 9.69 Å². The Morgan fingerprint density at radius 2 is 1.59 bits per heavy atom. The Balaban J connectivity index is 1.14. The van der Waals surface area contributed by atoms with Gasteiger partial charge in [0, 0.05) is 38.8 Å². The minimum absolute atomic E-state index is 0.266. The molecule has 5 rings (SSSR count). The molecule has 0 saturated carbocycles. The normalized spacial score (nSPS) is 15.0. The highest BCUT2D eigenvalue weighted by atomic mass is 35.5. The molecule has 1 aliphatic rings. The fraction of sp³-hybridized carbons (Fsp3) is 0.406. The Kier molecular flexibility index (Phi) is 9.22. The lowest BCUT2D eigenvalue weighted by molar-refractivity contribution is -0.148. The van der Waals surface area contributed by atoms with E-state index in [2.05, 4.69) is 80.5 Å². The molecular formula is C32H38ClN5O3. The summed E-state index contributed by atoms with van der Waals surface area (Å²) in [5.74, 6) is 0.0916. The molecule has 41 heavy (non-hydrogen) atoms. The van der Waals surface area contributed by atoms with Crippen molar-refractivity contribution in [2.45, 2.75) is 38.6 Å². The molecule has 216 valence electrons. The van der Waals surface area contributed by atoms with Gasteiger partial charge in [0.05, 0.1) is 24.9 Å². The molecule has 2 aromatic heterocycles. The van der Waals surface area contributed by atoms with Crippen molar-refractivity contribution in [2.24, 2.45) is 0 Å². The number of benzene rings is 2. The number of aromatic nitrogens is 3. The van der Waals surface area contributed by atoms with Gasteiger partial charge >= 0.3 is 5.97 Å². The van der Waals surface area contributed by atoms with Gasteiger partial charge in [-0.1, -0.05) is 72.3 Å². The molecule has 0 atom stereocenters. The molecule has 2 aromatic carbocycles. The number of carbonyl (C=O) groups is 1. The summed E-state index contributed by atoms with van der Waals surface area (Å²) < 4.78 is 12.7. The van der Waals surface area contributed by atoms with Crippen LogP contribution in [0.5, 0.6) is 5.88 Å². The molecule has 0 spiro atoms. The fourth-order valence-electron chi connectivity index (χ4n) is 5.37. The van der Waals surface area contributed by atoms with Crippen molar-refractivity contribution in [3.63, 3.8) is 0 Å². The second kappa shape index (κ2) is 13.0. The van der Waals surface area contributed by atoms with Gasteiger partial charge in [0.25, 0.3) is 0 Å². The van der Waals surface area contributed by atoms with Crippen LogP contribution in [-0.2, 0) is 14.9 Å². The zero-order chi connectivity index (χ0) is 28.8. The van der Waals surface area contributed by atoms with Gasteiger partial charge in [-0.25, -0.2) is 4.98 Å². The number of hydrogen-bond acceptors (Lipinski definition) is 7. The van der Waals surface area contributed by atoms with Crippen LogP contribution in [0.3, 0.4) is 0 Å². The lowest BCUT2D eigenvalue weighted by atomic mass is 9.90. The van der Waals surface area contributed by atoms with Gasteiger partial charge in [-0.2, -0.15) is 4.52 Å². The molecular weight excluding hydrogens is 538 g/mol. The summed E-state index contributed by atoms with van der Waals surface area (Å²) in [6, 6.07) is 25.4. The van der Waals surface area contributed by atoms with Gasteiger partial charge < -0.3 is 14.4 Å². The number of fused-ring (bicyclic) bond motifs is 1. The minimum atomic E-state index is -0.992. The molecule has 0 radical (unpaired) electrons. The first-order valence-electron chi connectivity index (χ1n) is 14.3. The minimum Gasteiger partial charge on any atom is -0.477 e. The molecule has 0 unspecified atom stereocenters. The SMILES string of the molecule is CCOC(=O)C(C)(C)c1nc2ccc(OCCCN3CCN(C(c4ccccc4)c4ccccc4)CC3)nn2c1Cl. The molecule has 1 fully saturated rings. The average molecular weight is 576 g/mol. The van der Waals surface area contributed by atoms with Crippen molar-refractivity contribution < 1.29 is 14.3 Å². The highest BCUT2D eigenvalue weighted by Crippen LogP contribution is 2.32. The number of imidazole rings is 1. The van der Waals surface area contributed by atoms with Gasteiger partial charge in [0.15, 0.2) is 10.8 Å². The number of esters is 1. The average Bonchev–Trinajstić information content (AvgIpc) is 3.34. The Hall–Kier alpha value is -3.46. The van der Waals surface area contributed by atoms with E-state index >= 15 is 0 Å². The predicted molar refractivity (Wildman–Crippen MR) is 161 cm³/mol. The largest absolute Gasteiger partial charge is 0.477 e. The Morgan fingerprint density at radius 3 is 2.20 bits per heavy atom. The van der Waals surface area contributed by atoms with Crippen LogP contribution in [0.2, 0.25) is 5.15 Å². The molecule has 4 aromatic rings. The molecule has 9 heteroatoms. The van der Waals surface area contributed by atoms with Crippen molar-refractivity contribution in [3.8, 4) is 5.88 Å². The lowest BCUT2D eigenvalue weighted by Crippen LogP contribution is -2.48. The second-order valence-electron chi connectivity index (χ2n) is 10.8. The quantitative estimate of drug-likeness (QED) is 0.175. The van der Waals surface area contributed by atoms with E-state index in [9.17, 15) is 4.79 Å². The van der Waals surface area contributed by atoms with Crippen LogP contribution in [-0.4, -0.2) is 76.3 Å². The van der Waals surface area contributed by atoms with E-state index in [1.165, 1.54) is 15.6 Å². The molecule has 1 saturated heterocycles. The maximum absolute atomic E-state index is 12.5. The van der Waals surface area contributed by atoms with Gasteiger partial charge in [0.1, 0.15) is 5.41 Å². The number of halogens is 1. The first-order valence-corrected chi connectivity index (χ1v) is 14.7. The highest BCUT2D eigenvalue weighted by Gasteiger charge is 2.37. The monoisotopic (exact) mass is 575 g/mol. The van der Waals surface area contributed by atoms with E-state index in [4.69, 9.17) is 21.1 Å². The van der Waals surface area contributed by atoms with Crippen LogP contribution in [0, 0.1) is 0 Å². The van der Waals surface area contributed by atoms with E-state index in [0.29, 0.717) is 30.4 Å². The highest BCUT2D eigenvalue weighted by molar-refractivity contribution is 6.30. The second-order valence-corrected chi connectivity index (χ2v) is 11.2. The van der Waals surface area contributed by atoms with Crippen LogP contribution in [0.4, 0.5) is 0 Å². The maximum atomic E-state index is 12.5. The van der Waals surface area contributed by atoms with E-state index < -0.39 is 5.41 Å². The van der Waals surface area contributed by atoms with Crippen LogP contribution in [0.1, 0.15) is 50.1 Å². The molecule has 0 amide bonds. The van der Waals surface area contributed by atoms with Crippen molar-refractivity contribution in [2.75, 3.05) is 45.9 Å². The number of piperazine rings is 1. The van der Waals surface area contributed by atoms with E-state index in [1.54, 1.807) is 32.9 Å². The molecule has 0 aliphatic carbocycles. The van der Waals surface area contributed by atoms with E-state index in [1.807, 2.05) is 0 Å². The van der Waals surface area contributed by atoms with Crippen molar-refractivity contribution in [1.82, 2.24) is 24.4 Å². The summed E-state index contributed by atoms with van der Waals surface area (Å²) in [5.41, 5.74) is 2.66. The zero-order valence-electron chi connectivity index (χ0n) is 24.0. The van der Waals surface area contributed by atoms with Gasteiger partial charge in [-0.15, -0.1) is 5.10 Å². The third-order valence-corrected chi connectivity index (χ3v) is 7.99. The maximum Gasteiger partial charge on any atom is 0.317 e. The molecule has 0 bridgehead atoms. The first-order chi connectivity index (χ1) is 19.9. The van der Waals surface area contributed by atoms with E-state index in [0.717, 1.165) is 39.1 Å². The molecule has 8 nitrogen and oxygen atoms in total. The topological polar surface area (TPSA) is 72.2 Å². The van der Waals surface area contributed by atoms with E-state index in [-0.39, 0.29) is 17.2 Å². The van der Waals surface area contributed by atoms with Crippen molar-refractivity contribution in [1.29, 1.82) is 0 Å². The smallest absolute Gasteiger partial charge is 0.317 e. The third-order valence-electron chi connectivity index (χ3n) is 7.65. The predicted octanol–water partition coefficient (Wildman–Crippen LogP) is 5.40. The fourth-order valence-corrected chi connectivity index (χ4v) is 5.77. The summed E-state index contributed by atoms with van der Waals surface area (Å²) in [4.78, 5) is 22.1. The Morgan fingerprint density at radius 1 is 0.951 bits per heavy atom. The number of ether oxygens (including phenoxy) is 2. The number of rotatable bonds is 11. The molecule has 1 aliphatic heterocycles. The summed E-state index contributed by atoms with van der Waals surface area (Å²) in [6.45, 7) is 11.1. The summed E-state index contributed by atoms with van der Waals surface area (Å²) in [5, 5.41) is 4.80. The molecule has 3 heterocycles. The first kappa shape index (κ1) is 29.0. The summed E-state index contributed by atoms with van der Waals surface area (Å²) >= 11 is 6.60. The summed E-state index contributed by atoms with van der Waals surface area (Å²) in [7, 11) is 0. The molecule has 0 N–H and O–H groups in total. The standard InChI is InChI=1S/C32H38ClN5O3/c1-4-40-31(39)32(2,3)29-30(33)38-26(34-29)16-17-27(35-38)41-23-11-18-36-19-21-37(22-20-36)28(24-12-7-5-8-13-24)25-14-9-6-10-15-25/h5-10,12-17,28H,4,11,18-23H2,1-3H3. The van der Waals surface area contributed by atoms with Gasteiger partial charge in [0.2, 0.25) is 5.88 Å². The Bertz CT molecular complexity index is 1400. The number of nitrogens with zero attached hydrogens (tertiary/aromatic N) is 5. The third kappa shape index (κ3) is 6.56. The lowest BCUT2D eigenvalue weighted by Gasteiger charge is -2.39. The van der Waals surface area contributed by atoms with Gasteiger partial charge in [-0.05, 0) is 44.4 Å². The van der Waals surface area contributed by atoms with Crippen molar-refractivity contribution >= 4 is 23.2 Å². The Labute approximate surface area is 246 Å². The van der Waals surface area contributed by atoms with Crippen LogP contribution >= 0.6 is 11.6 Å². The van der Waals surface area contributed by atoms with Crippen molar-refractivity contribution in [3.05, 3.63) is 94.8 Å². The zero-order valence-corrected chi connectivity index (χ0v) is 24.8.